The summed E-state index contributed by atoms with van der Waals surface area (Å²) in [7, 11) is 0. The zero-order valence-corrected chi connectivity index (χ0v) is 5.01. The van der Waals surface area contributed by atoms with Gasteiger partial charge in [-0.05, 0) is 0 Å². The fraction of sp³-hybridized carbons (Fsp3) is 0. The minimum Gasteiger partial charge on any atom is -0.545 e. The molecule has 4 radical (unpaired) electrons. The van der Waals surface area contributed by atoms with Gasteiger partial charge in [-0.1, -0.05) is 0 Å². The second kappa shape index (κ2) is 25100. The molecule has 0 aliphatic rings. The maximum Gasteiger partial charge on any atom is 3.00 e. The smallest absolute Gasteiger partial charge is 0.545 e. The van der Waals surface area contributed by atoms with Crippen molar-refractivity contribution >= 4 is 22.0 Å². The van der Waals surface area contributed by atoms with Crippen LogP contribution < -0.4 is 0 Å². The van der Waals surface area contributed by atoms with Crippen LogP contribution in [0.15, 0.2) is 0 Å². The molecule has 7 heavy (non-hydrogen) atoms. The molecule has 0 aliphatic carbocycles. The van der Waals surface area contributed by atoms with E-state index >= 15 is 0 Å². The van der Waals surface area contributed by atoms with Gasteiger partial charge in [-0.2, -0.15) is 0 Å². The first-order valence-electron chi connectivity index (χ1n) is 0.471. The van der Waals surface area contributed by atoms with Gasteiger partial charge in [-0.15, -0.1) is 0 Å². The van der Waals surface area contributed by atoms with Gasteiger partial charge >= 0.3 is 17.1 Å². The second-order valence-electron chi connectivity index (χ2n) is 0. The van der Waals surface area contributed by atoms with Crippen molar-refractivity contribution < 1.29 is 26.7 Å². The van der Waals surface area contributed by atoms with E-state index in [0.717, 1.165) is 0 Å². The predicted octanol–water partition coefficient (Wildman–Crippen LogP) is -0.481. The van der Waals surface area contributed by atoms with E-state index in [4.69, 9.17) is 9.59 Å². The molecule has 2 nitrogen and oxygen atoms in total. The van der Waals surface area contributed by atoms with Gasteiger partial charge < -0.3 is 17.0 Å². The summed E-state index contributed by atoms with van der Waals surface area (Å²) in [4.78, 5) is 15.5. The summed E-state index contributed by atoms with van der Waals surface area (Å²) in [6, 6.07) is 0. The van der Waals surface area contributed by atoms with E-state index in [1.807, 2.05) is 0 Å². The standard InChI is InChI=1S/2CHO.CH3.B.Fe/c2*1-2;;;/h2*1H;1H3;;/q3*-1;;+3. The zero-order valence-electron chi connectivity index (χ0n) is 3.90. The summed E-state index contributed by atoms with van der Waals surface area (Å²) in [6.07, 6.45) is 0. The van der Waals surface area contributed by atoms with Crippen LogP contribution in [0, 0.1) is 7.43 Å². The van der Waals surface area contributed by atoms with Crippen LogP contribution in [-0.2, 0) is 26.7 Å². The Morgan fingerprint density at radius 1 is 0.857 bits per heavy atom. The fourth-order valence-electron chi connectivity index (χ4n) is 0. The summed E-state index contributed by atoms with van der Waals surface area (Å²) >= 11 is 0. The average molecular weight is 140 g/mol. The molecule has 0 aromatic rings. The minimum absolute atomic E-state index is 0. The zero-order chi connectivity index (χ0) is 4.00. The van der Waals surface area contributed by atoms with Gasteiger partial charge in [0.15, 0.2) is 0 Å². The molecule has 4 heteroatoms. The fourth-order valence-corrected chi connectivity index (χ4v) is 0. The van der Waals surface area contributed by atoms with Gasteiger partial charge in [0.2, 0.25) is 0 Å². The van der Waals surface area contributed by atoms with Gasteiger partial charge in [0.05, 0.1) is 0 Å². The quantitative estimate of drug-likeness (QED) is 0.258. The monoisotopic (exact) mass is 140 g/mol. The van der Waals surface area contributed by atoms with E-state index in [2.05, 4.69) is 13.6 Å². The molecule has 0 aromatic heterocycles. The molecule has 0 spiro atoms. The summed E-state index contributed by atoms with van der Waals surface area (Å²) in [5, 5.41) is 0. The summed E-state index contributed by atoms with van der Waals surface area (Å²) in [5.74, 6) is 0. The number of hydrogen-bond acceptors (Lipinski definition) is 2. The van der Waals surface area contributed by atoms with Crippen molar-refractivity contribution in [1.29, 1.82) is 0 Å². The molecule has 0 saturated heterocycles. The third kappa shape index (κ3) is 16000. The second-order valence-corrected chi connectivity index (χ2v) is 0. The molecule has 0 saturated carbocycles. The van der Waals surface area contributed by atoms with E-state index in [-0.39, 0.29) is 32.9 Å². The summed E-state index contributed by atoms with van der Waals surface area (Å²) < 4.78 is 0. The van der Waals surface area contributed by atoms with Gasteiger partial charge in [0.25, 0.3) is 0 Å². The van der Waals surface area contributed by atoms with E-state index < -0.39 is 0 Å². The van der Waals surface area contributed by atoms with Gasteiger partial charge in [-0.25, -0.2) is 0 Å². The van der Waals surface area contributed by atoms with Crippen LogP contribution >= 0.6 is 0 Å². The molecule has 0 N–H and O–H groups in total. The van der Waals surface area contributed by atoms with Crippen molar-refractivity contribution in [3.63, 3.8) is 0 Å². The van der Waals surface area contributed by atoms with Crippen LogP contribution in [0.3, 0.4) is 0 Å². The SMILES string of the molecule is [B].[CH-]=O.[CH-]=O.[CH3-].[Fe+3]. The third-order valence-electron chi connectivity index (χ3n) is 0. The van der Waals surface area contributed by atoms with Gasteiger partial charge in [0, 0.05) is 8.41 Å². The van der Waals surface area contributed by atoms with Crippen LogP contribution in [0.1, 0.15) is 0 Å². The molecule has 40 valence electrons. The van der Waals surface area contributed by atoms with Crippen molar-refractivity contribution in [2.24, 2.45) is 0 Å². The largest absolute Gasteiger partial charge is 3.00 e. The molecular formula is C3H5BFeO2. The van der Waals surface area contributed by atoms with Crippen LogP contribution in [0.25, 0.3) is 0 Å². The van der Waals surface area contributed by atoms with Crippen LogP contribution in [0.4, 0.5) is 0 Å². The molecule has 0 aliphatic heterocycles. The Morgan fingerprint density at radius 2 is 0.857 bits per heavy atom. The van der Waals surface area contributed by atoms with Crippen molar-refractivity contribution in [1.82, 2.24) is 0 Å². The van der Waals surface area contributed by atoms with Crippen molar-refractivity contribution in [3.8, 4) is 0 Å². The molecule has 0 unspecified atom stereocenters. The Kier molecular flexibility index (Phi) is 236000. The van der Waals surface area contributed by atoms with Gasteiger partial charge in [0.1, 0.15) is 0 Å². The molecular weight excluding hydrogens is 135 g/mol. The molecule has 0 atom stereocenters. The number of hydrogen-bond donors (Lipinski definition) is 0. The molecule has 0 bridgehead atoms. The molecule has 0 amide bonds. The van der Waals surface area contributed by atoms with E-state index in [0.29, 0.717) is 0 Å². The van der Waals surface area contributed by atoms with Crippen LogP contribution in [0.2, 0.25) is 0 Å². The Hall–Kier alpha value is -0.0756. The van der Waals surface area contributed by atoms with E-state index in [9.17, 15) is 0 Å². The van der Waals surface area contributed by atoms with Crippen LogP contribution in [-0.4, -0.2) is 22.0 Å². The molecule has 0 rings (SSSR count). The average Bonchev–Trinajstić information content (AvgIpc) is 1.50. The Balaban J connectivity index is -0.00000000267. The van der Waals surface area contributed by atoms with E-state index in [1.165, 1.54) is 0 Å². The summed E-state index contributed by atoms with van der Waals surface area (Å²) in [5.41, 5.74) is 0. The first-order valence-corrected chi connectivity index (χ1v) is 0.471. The summed E-state index contributed by atoms with van der Waals surface area (Å²) in [6.45, 7) is 6.50. The van der Waals surface area contributed by atoms with E-state index in [1.54, 1.807) is 0 Å². The third-order valence-corrected chi connectivity index (χ3v) is 0. The number of carbonyl (C=O) groups excluding carboxylic acids is 2. The van der Waals surface area contributed by atoms with Crippen molar-refractivity contribution in [2.75, 3.05) is 0 Å². The Bertz CT molecular complexity index is 14.9. The van der Waals surface area contributed by atoms with Crippen LogP contribution in [0.5, 0.6) is 0 Å². The topological polar surface area (TPSA) is 34.1 Å². The molecule has 0 aromatic carbocycles. The maximum absolute atomic E-state index is 7.75. The van der Waals surface area contributed by atoms with Gasteiger partial charge in [-0.3, -0.25) is 13.6 Å². The normalized spacial score (nSPS) is 1.14. The Labute approximate surface area is 56.7 Å². The first-order chi connectivity index (χ1) is 2.00. The molecule has 0 fully saturated rings. The first kappa shape index (κ1) is 65.6. The Morgan fingerprint density at radius 3 is 0.857 bits per heavy atom. The molecule has 0 heterocycles. The van der Waals surface area contributed by atoms with Crippen molar-refractivity contribution in [2.45, 2.75) is 0 Å². The maximum atomic E-state index is 7.75. The number of rotatable bonds is 0. The predicted molar refractivity (Wildman–Crippen MR) is 25.7 cm³/mol. The van der Waals surface area contributed by atoms with Crippen molar-refractivity contribution in [3.05, 3.63) is 7.43 Å². The minimum atomic E-state index is 0.